The first kappa shape index (κ1) is 16.0. The van der Waals surface area contributed by atoms with Crippen molar-refractivity contribution in [3.05, 3.63) is 35.9 Å². The van der Waals surface area contributed by atoms with E-state index >= 15 is 0 Å². The Kier molecular flexibility index (Phi) is 4.96. The minimum absolute atomic E-state index is 0.0678. The molecule has 1 amide bonds. The molecule has 2 fully saturated rings. The summed E-state index contributed by atoms with van der Waals surface area (Å²) >= 11 is 0. The van der Waals surface area contributed by atoms with Crippen LogP contribution in [-0.4, -0.2) is 35.7 Å². The van der Waals surface area contributed by atoms with Crippen LogP contribution in [0, 0.1) is 5.92 Å². The third-order valence-electron chi connectivity index (χ3n) is 4.91. The molecule has 1 aliphatic carbocycles. The minimum Gasteiger partial charge on any atom is -0.479 e. The molecule has 1 saturated carbocycles. The Labute approximate surface area is 136 Å². The number of aliphatic carboxylic acids is 1. The summed E-state index contributed by atoms with van der Waals surface area (Å²) in [5.74, 6) is -0.294. The Morgan fingerprint density at radius 2 is 1.91 bits per heavy atom. The second kappa shape index (κ2) is 7.13. The van der Waals surface area contributed by atoms with Crippen LogP contribution in [0.4, 0.5) is 0 Å². The maximum Gasteiger partial charge on any atom is 0.332 e. The first-order valence-corrected chi connectivity index (χ1v) is 8.34. The lowest BCUT2D eigenvalue weighted by atomic mass is 9.71. The summed E-state index contributed by atoms with van der Waals surface area (Å²) in [6.45, 7) is 0.412. The maximum atomic E-state index is 12.2. The highest BCUT2D eigenvalue weighted by Crippen LogP contribution is 2.41. The molecule has 23 heavy (non-hydrogen) atoms. The van der Waals surface area contributed by atoms with Gasteiger partial charge in [-0.15, -0.1) is 0 Å². The summed E-state index contributed by atoms with van der Waals surface area (Å²) in [6.07, 6.45) is 3.06. The van der Waals surface area contributed by atoms with Gasteiger partial charge in [-0.25, -0.2) is 4.79 Å². The van der Waals surface area contributed by atoms with Crippen LogP contribution in [0.3, 0.4) is 0 Å². The van der Waals surface area contributed by atoms with E-state index in [0.717, 1.165) is 25.7 Å². The fraction of sp³-hybridized carbons (Fsp3) is 0.556. The van der Waals surface area contributed by atoms with Gasteiger partial charge >= 0.3 is 5.97 Å². The SMILES string of the molecule is O=C(NC[C@H]1CCC[C@@H](C(=O)O)O1)C1CC(c2ccccc2)C1. The van der Waals surface area contributed by atoms with Crippen molar-refractivity contribution in [3.8, 4) is 0 Å². The van der Waals surface area contributed by atoms with E-state index in [1.807, 2.05) is 18.2 Å². The molecule has 0 aromatic heterocycles. The van der Waals surface area contributed by atoms with E-state index in [9.17, 15) is 9.59 Å². The molecule has 1 aliphatic heterocycles. The van der Waals surface area contributed by atoms with Crippen molar-refractivity contribution in [1.82, 2.24) is 5.32 Å². The van der Waals surface area contributed by atoms with Crippen LogP contribution in [-0.2, 0) is 14.3 Å². The highest BCUT2D eigenvalue weighted by molar-refractivity contribution is 5.80. The van der Waals surface area contributed by atoms with Gasteiger partial charge in [-0.05, 0) is 43.6 Å². The second-order valence-corrected chi connectivity index (χ2v) is 6.54. The standard InChI is InChI=1S/C18H23NO4/c20-17(14-9-13(10-14)12-5-2-1-3-6-12)19-11-15-7-4-8-16(23-15)18(21)22/h1-3,5-6,13-16H,4,7-11H2,(H,19,20)(H,21,22)/t13?,14?,15-,16+/m1/s1. The molecule has 3 rings (SSSR count). The number of carbonyl (C=O) groups excluding carboxylic acids is 1. The molecule has 0 bridgehead atoms. The lowest BCUT2D eigenvalue weighted by molar-refractivity contribution is -0.158. The molecule has 0 radical (unpaired) electrons. The van der Waals surface area contributed by atoms with E-state index in [1.54, 1.807) is 0 Å². The molecule has 0 unspecified atom stereocenters. The zero-order valence-corrected chi connectivity index (χ0v) is 13.1. The number of nitrogens with one attached hydrogen (secondary N) is 1. The normalized spacial score (nSPS) is 30.3. The number of carbonyl (C=O) groups is 2. The number of hydrogen-bond donors (Lipinski definition) is 2. The van der Waals surface area contributed by atoms with Crippen molar-refractivity contribution < 1.29 is 19.4 Å². The zero-order valence-electron chi connectivity index (χ0n) is 13.1. The highest BCUT2D eigenvalue weighted by atomic mass is 16.5. The van der Waals surface area contributed by atoms with Crippen molar-refractivity contribution in [2.45, 2.75) is 50.2 Å². The molecule has 5 nitrogen and oxygen atoms in total. The van der Waals surface area contributed by atoms with Gasteiger partial charge in [0.05, 0.1) is 6.10 Å². The number of carboxylic acids is 1. The van der Waals surface area contributed by atoms with Crippen LogP contribution in [0.2, 0.25) is 0 Å². The monoisotopic (exact) mass is 317 g/mol. The molecule has 1 aromatic carbocycles. The molecule has 2 N–H and O–H groups in total. The Balaban J connectivity index is 1.40. The third kappa shape index (κ3) is 3.91. The van der Waals surface area contributed by atoms with Crippen molar-refractivity contribution in [3.63, 3.8) is 0 Å². The molecule has 124 valence electrons. The summed E-state index contributed by atoms with van der Waals surface area (Å²) < 4.78 is 5.51. The van der Waals surface area contributed by atoms with Gasteiger partial charge in [0.15, 0.2) is 6.10 Å². The van der Waals surface area contributed by atoms with Crippen molar-refractivity contribution in [2.24, 2.45) is 5.92 Å². The van der Waals surface area contributed by atoms with Gasteiger partial charge < -0.3 is 15.2 Å². The van der Waals surface area contributed by atoms with Crippen LogP contribution in [0.1, 0.15) is 43.6 Å². The first-order valence-electron chi connectivity index (χ1n) is 8.34. The summed E-state index contributed by atoms with van der Waals surface area (Å²) in [5.41, 5.74) is 1.30. The molecule has 0 spiro atoms. The largest absolute Gasteiger partial charge is 0.479 e. The van der Waals surface area contributed by atoms with E-state index in [-0.39, 0.29) is 17.9 Å². The van der Waals surface area contributed by atoms with Crippen LogP contribution in [0.25, 0.3) is 0 Å². The summed E-state index contributed by atoms with van der Waals surface area (Å²) in [5, 5.41) is 11.9. The van der Waals surface area contributed by atoms with E-state index in [2.05, 4.69) is 17.4 Å². The average molecular weight is 317 g/mol. The molecular weight excluding hydrogens is 294 g/mol. The minimum atomic E-state index is -0.911. The molecule has 2 atom stereocenters. The van der Waals surface area contributed by atoms with E-state index in [0.29, 0.717) is 18.9 Å². The summed E-state index contributed by atoms with van der Waals surface area (Å²) in [6, 6.07) is 10.3. The van der Waals surface area contributed by atoms with Gasteiger partial charge in [0, 0.05) is 12.5 Å². The number of hydrogen-bond acceptors (Lipinski definition) is 3. The molecule has 2 aliphatic rings. The Morgan fingerprint density at radius 1 is 1.17 bits per heavy atom. The summed E-state index contributed by atoms with van der Waals surface area (Å²) in [4.78, 5) is 23.1. The number of rotatable bonds is 5. The van der Waals surface area contributed by atoms with Gasteiger partial charge in [-0.2, -0.15) is 0 Å². The van der Waals surface area contributed by atoms with Crippen LogP contribution >= 0.6 is 0 Å². The smallest absolute Gasteiger partial charge is 0.332 e. The lowest BCUT2D eigenvalue weighted by Crippen LogP contribution is -2.44. The van der Waals surface area contributed by atoms with Crippen LogP contribution in [0.5, 0.6) is 0 Å². The molecule has 1 saturated heterocycles. The molecular formula is C18H23NO4. The zero-order chi connectivity index (χ0) is 16.2. The molecule has 5 heteroatoms. The van der Waals surface area contributed by atoms with Crippen molar-refractivity contribution in [1.29, 1.82) is 0 Å². The van der Waals surface area contributed by atoms with Gasteiger partial charge in [-0.1, -0.05) is 30.3 Å². The van der Waals surface area contributed by atoms with E-state index in [1.165, 1.54) is 5.56 Å². The topological polar surface area (TPSA) is 75.6 Å². The Morgan fingerprint density at radius 3 is 2.61 bits per heavy atom. The third-order valence-corrected chi connectivity index (χ3v) is 4.91. The van der Waals surface area contributed by atoms with E-state index in [4.69, 9.17) is 9.84 Å². The van der Waals surface area contributed by atoms with Crippen molar-refractivity contribution >= 4 is 11.9 Å². The van der Waals surface area contributed by atoms with Gasteiger partial charge in [-0.3, -0.25) is 4.79 Å². The van der Waals surface area contributed by atoms with Gasteiger partial charge in [0.1, 0.15) is 0 Å². The molecule has 1 heterocycles. The number of benzene rings is 1. The maximum absolute atomic E-state index is 12.2. The van der Waals surface area contributed by atoms with E-state index < -0.39 is 12.1 Å². The number of ether oxygens (including phenoxy) is 1. The fourth-order valence-corrected chi connectivity index (χ4v) is 3.42. The van der Waals surface area contributed by atoms with Gasteiger partial charge in [0.2, 0.25) is 5.91 Å². The van der Waals surface area contributed by atoms with Gasteiger partial charge in [0.25, 0.3) is 0 Å². The quantitative estimate of drug-likeness (QED) is 0.874. The predicted molar refractivity (Wildman–Crippen MR) is 85.1 cm³/mol. The summed E-state index contributed by atoms with van der Waals surface area (Å²) in [7, 11) is 0. The number of carboxylic acid groups (broad SMARTS) is 1. The lowest BCUT2D eigenvalue weighted by Gasteiger charge is -2.35. The first-order chi connectivity index (χ1) is 11.1. The van der Waals surface area contributed by atoms with Crippen LogP contribution in [0.15, 0.2) is 30.3 Å². The predicted octanol–water partition coefficient (Wildman–Crippen LogP) is 2.32. The van der Waals surface area contributed by atoms with Crippen LogP contribution < -0.4 is 5.32 Å². The second-order valence-electron chi connectivity index (χ2n) is 6.54. The Bertz CT molecular complexity index is 553. The molecule has 1 aromatic rings. The Hall–Kier alpha value is -1.88. The number of amides is 1. The van der Waals surface area contributed by atoms with Crippen molar-refractivity contribution in [2.75, 3.05) is 6.54 Å². The highest BCUT2D eigenvalue weighted by Gasteiger charge is 2.35. The fourth-order valence-electron chi connectivity index (χ4n) is 3.42. The average Bonchev–Trinajstić information content (AvgIpc) is 2.53.